The Morgan fingerprint density at radius 1 is 1.39 bits per heavy atom. The number of hydrogen-bond acceptors (Lipinski definition) is 2. The number of halogens is 1. The fourth-order valence-corrected chi connectivity index (χ4v) is 2.57. The molecule has 0 aromatic heterocycles. The molecule has 1 aliphatic rings. The summed E-state index contributed by atoms with van der Waals surface area (Å²) in [7, 11) is 1.87. The molecular weight excluding hydrogens is 248 g/mol. The molecule has 1 saturated heterocycles. The highest BCUT2D eigenvalue weighted by molar-refractivity contribution is 6.34. The quantitative estimate of drug-likeness (QED) is 0.892. The summed E-state index contributed by atoms with van der Waals surface area (Å²) in [5.74, 6) is 0.0237. The van der Waals surface area contributed by atoms with Crippen LogP contribution in [0.3, 0.4) is 0 Å². The molecule has 0 radical (unpaired) electrons. The summed E-state index contributed by atoms with van der Waals surface area (Å²) in [5.41, 5.74) is 1.55. The minimum Gasteiger partial charge on any atom is -0.339 e. The Kier molecular flexibility index (Phi) is 4.25. The van der Waals surface area contributed by atoms with Gasteiger partial charge in [0.1, 0.15) is 0 Å². The number of benzene rings is 1. The minimum absolute atomic E-state index is 0.0237. The number of carbonyl (C=O) groups excluding carboxylic acids is 1. The van der Waals surface area contributed by atoms with E-state index in [2.05, 4.69) is 5.32 Å². The molecule has 0 saturated carbocycles. The molecule has 1 aromatic carbocycles. The van der Waals surface area contributed by atoms with Crippen LogP contribution >= 0.6 is 11.6 Å². The molecule has 3 nitrogen and oxygen atoms in total. The third kappa shape index (κ3) is 2.68. The lowest BCUT2D eigenvalue weighted by Gasteiger charge is -2.32. The number of nitrogens with zero attached hydrogens (tertiary/aromatic N) is 1. The predicted octanol–water partition coefficient (Wildman–Crippen LogP) is 2.47. The summed E-state index contributed by atoms with van der Waals surface area (Å²) >= 11 is 6.21. The third-order valence-electron chi connectivity index (χ3n) is 3.60. The van der Waals surface area contributed by atoms with E-state index in [1.807, 2.05) is 31.0 Å². The fraction of sp³-hybridized carbons (Fsp3) is 0.500. The highest BCUT2D eigenvalue weighted by Crippen LogP contribution is 2.23. The van der Waals surface area contributed by atoms with Crippen LogP contribution in [0.2, 0.25) is 5.02 Å². The van der Waals surface area contributed by atoms with Crippen molar-refractivity contribution in [2.24, 2.45) is 0 Å². The van der Waals surface area contributed by atoms with Crippen LogP contribution in [0.25, 0.3) is 0 Å². The Bertz CT molecular complexity index is 441. The van der Waals surface area contributed by atoms with Crippen LogP contribution < -0.4 is 5.32 Å². The number of amides is 1. The smallest absolute Gasteiger partial charge is 0.255 e. The van der Waals surface area contributed by atoms with Gasteiger partial charge >= 0.3 is 0 Å². The van der Waals surface area contributed by atoms with E-state index in [0.29, 0.717) is 16.6 Å². The molecule has 1 N–H and O–H groups in total. The van der Waals surface area contributed by atoms with Crippen molar-refractivity contribution < 1.29 is 4.79 Å². The zero-order chi connectivity index (χ0) is 13.1. The van der Waals surface area contributed by atoms with Crippen molar-refractivity contribution in [3.8, 4) is 0 Å². The van der Waals surface area contributed by atoms with E-state index in [4.69, 9.17) is 11.6 Å². The molecule has 2 rings (SSSR count). The van der Waals surface area contributed by atoms with Crippen LogP contribution in [0.1, 0.15) is 28.8 Å². The van der Waals surface area contributed by atoms with Gasteiger partial charge in [-0.1, -0.05) is 23.7 Å². The van der Waals surface area contributed by atoms with Gasteiger partial charge in [0.05, 0.1) is 10.6 Å². The van der Waals surface area contributed by atoms with Gasteiger partial charge in [-0.3, -0.25) is 4.79 Å². The van der Waals surface area contributed by atoms with Gasteiger partial charge in [0.2, 0.25) is 0 Å². The second-order valence-electron chi connectivity index (χ2n) is 4.83. The average molecular weight is 267 g/mol. The second-order valence-corrected chi connectivity index (χ2v) is 5.21. The summed E-state index contributed by atoms with van der Waals surface area (Å²) < 4.78 is 0. The van der Waals surface area contributed by atoms with Crippen molar-refractivity contribution >= 4 is 17.5 Å². The highest BCUT2D eigenvalue weighted by atomic mass is 35.5. The van der Waals surface area contributed by atoms with E-state index in [-0.39, 0.29) is 5.91 Å². The molecule has 1 amide bonds. The molecule has 4 heteroatoms. The molecule has 0 bridgehead atoms. The van der Waals surface area contributed by atoms with E-state index in [0.717, 1.165) is 31.5 Å². The summed E-state index contributed by atoms with van der Waals surface area (Å²) in [4.78, 5) is 14.3. The second kappa shape index (κ2) is 5.72. The van der Waals surface area contributed by atoms with Gasteiger partial charge in [-0.25, -0.2) is 0 Å². The SMILES string of the molecule is Cc1cccc(C(=O)N(C)C2CCNCC2)c1Cl. The monoisotopic (exact) mass is 266 g/mol. The van der Waals surface area contributed by atoms with Gasteiger partial charge in [0.25, 0.3) is 5.91 Å². The number of piperidine rings is 1. The summed E-state index contributed by atoms with van der Waals surface area (Å²) in [6, 6.07) is 5.92. The molecule has 0 aliphatic carbocycles. The van der Waals surface area contributed by atoms with Gasteiger partial charge in [-0.05, 0) is 44.5 Å². The maximum absolute atomic E-state index is 12.4. The third-order valence-corrected chi connectivity index (χ3v) is 4.10. The van der Waals surface area contributed by atoms with Crippen LogP contribution in [0.5, 0.6) is 0 Å². The predicted molar refractivity (Wildman–Crippen MR) is 74.2 cm³/mol. The van der Waals surface area contributed by atoms with Crippen LogP contribution in [-0.2, 0) is 0 Å². The topological polar surface area (TPSA) is 32.3 Å². The van der Waals surface area contributed by atoms with Crippen molar-refractivity contribution in [3.05, 3.63) is 34.3 Å². The van der Waals surface area contributed by atoms with Crippen LogP contribution in [-0.4, -0.2) is 37.0 Å². The Morgan fingerprint density at radius 3 is 2.72 bits per heavy atom. The largest absolute Gasteiger partial charge is 0.339 e. The molecule has 1 aromatic rings. The van der Waals surface area contributed by atoms with E-state index in [1.54, 1.807) is 6.07 Å². The molecule has 0 atom stereocenters. The standard InChI is InChI=1S/C14H19ClN2O/c1-10-4-3-5-12(13(10)15)14(18)17(2)11-6-8-16-9-7-11/h3-5,11,16H,6-9H2,1-2H3. The van der Waals surface area contributed by atoms with Crippen molar-refractivity contribution in [3.63, 3.8) is 0 Å². The lowest BCUT2D eigenvalue weighted by atomic mass is 10.0. The first kappa shape index (κ1) is 13.4. The van der Waals surface area contributed by atoms with Gasteiger partial charge in [0.15, 0.2) is 0 Å². The van der Waals surface area contributed by atoms with Gasteiger partial charge < -0.3 is 10.2 Å². The number of aryl methyl sites for hydroxylation is 1. The summed E-state index contributed by atoms with van der Waals surface area (Å²) in [6.45, 7) is 3.87. The first-order valence-corrected chi connectivity index (χ1v) is 6.72. The molecule has 1 fully saturated rings. The van der Waals surface area contributed by atoms with Crippen LogP contribution in [0.4, 0.5) is 0 Å². The summed E-state index contributed by atoms with van der Waals surface area (Å²) in [6.07, 6.45) is 2.01. The zero-order valence-electron chi connectivity index (χ0n) is 10.9. The Hall–Kier alpha value is -1.06. The minimum atomic E-state index is 0.0237. The van der Waals surface area contributed by atoms with Crippen molar-refractivity contribution in [2.75, 3.05) is 20.1 Å². The Morgan fingerprint density at radius 2 is 2.06 bits per heavy atom. The maximum Gasteiger partial charge on any atom is 0.255 e. The first-order valence-electron chi connectivity index (χ1n) is 6.34. The Labute approximate surface area is 113 Å². The van der Waals surface area contributed by atoms with E-state index >= 15 is 0 Å². The Balaban J connectivity index is 2.17. The summed E-state index contributed by atoms with van der Waals surface area (Å²) in [5, 5.41) is 3.88. The average Bonchev–Trinajstić information content (AvgIpc) is 2.41. The van der Waals surface area contributed by atoms with Gasteiger partial charge in [-0.2, -0.15) is 0 Å². The van der Waals surface area contributed by atoms with Crippen LogP contribution in [0, 0.1) is 6.92 Å². The van der Waals surface area contributed by atoms with Crippen molar-refractivity contribution in [1.82, 2.24) is 10.2 Å². The molecule has 18 heavy (non-hydrogen) atoms. The number of rotatable bonds is 2. The van der Waals surface area contributed by atoms with E-state index in [1.165, 1.54) is 0 Å². The molecule has 0 spiro atoms. The normalized spacial score (nSPS) is 16.6. The molecule has 0 unspecified atom stereocenters. The van der Waals surface area contributed by atoms with E-state index in [9.17, 15) is 4.79 Å². The van der Waals surface area contributed by atoms with Gasteiger partial charge in [0, 0.05) is 13.1 Å². The molecule has 1 aliphatic heterocycles. The molecule has 98 valence electrons. The number of nitrogens with one attached hydrogen (secondary N) is 1. The molecule has 1 heterocycles. The first-order chi connectivity index (χ1) is 8.61. The highest BCUT2D eigenvalue weighted by Gasteiger charge is 2.24. The number of hydrogen-bond donors (Lipinski definition) is 1. The van der Waals surface area contributed by atoms with Gasteiger partial charge in [-0.15, -0.1) is 0 Å². The van der Waals surface area contributed by atoms with Crippen molar-refractivity contribution in [1.29, 1.82) is 0 Å². The lowest BCUT2D eigenvalue weighted by molar-refractivity contribution is 0.0703. The molecular formula is C14H19ClN2O. The fourth-order valence-electron chi connectivity index (χ4n) is 2.36. The number of carbonyl (C=O) groups is 1. The van der Waals surface area contributed by atoms with Crippen LogP contribution in [0.15, 0.2) is 18.2 Å². The van der Waals surface area contributed by atoms with E-state index < -0.39 is 0 Å². The zero-order valence-corrected chi connectivity index (χ0v) is 11.6. The maximum atomic E-state index is 12.4. The van der Waals surface area contributed by atoms with Crippen molar-refractivity contribution in [2.45, 2.75) is 25.8 Å². The lowest BCUT2D eigenvalue weighted by Crippen LogP contribution is -2.44.